The van der Waals surface area contributed by atoms with E-state index in [0.29, 0.717) is 56.0 Å². The van der Waals surface area contributed by atoms with Crippen LogP contribution in [0.4, 0.5) is 0 Å². The Labute approximate surface area is 253 Å². The summed E-state index contributed by atoms with van der Waals surface area (Å²) in [6.45, 7) is 4.96. The van der Waals surface area contributed by atoms with E-state index in [-0.39, 0.29) is 42.7 Å². The summed E-state index contributed by atoms with van der Waals surface area (Å²) in [6.07, 6.45) is 2.32. The van der Waals surface area contributed by atoms with Crippen LogP contribution in [0.25, 0.3) is 0 Å². The fourth-order valence-electron chi connectivity index (χ4n) is 4.78. The van der Waals surface area contributed by atoms with Crippen molar-refractivity contribution in [1.82, 2.24) is 21.3 Å². The second kappa shape index (κ2) is 17.0. The Morgan fingerprint density at radius 1 is 1.05 bits per heavy atom. The first kappa shape index (κ1) is 33.2. The van der Waals surface area contributed by atoms with Gasteiger partial charge in [0.15, 0.2) is 11.5 Å². The average Bonchev–Trinajstić information content (AvgIpc) is 2.99. The third kappa shape index (κ3) is 10.5. The van der Waals surface area contributed by atoms with Gasteiger partial charge in [0.05, 0.1) is 26.4 Å². The Morgan fingerprint density at radius 2 is 1.81 bits per heavy atom. The van der Waals surface area contributed by atoms with Gasteiger partial charge in [-0.3, -0.25) is 19.2 Å². The van der Waals surface area contributed by atoms with Crippen molar-refractivity contribution < 1.29 is 33.4 Å². The minimum Gasteiger partial charge on any atom is -0.493 e. The van der Waals surface area contributed by atoms with E-state index in [1.165, 1.54) is 0 Å². The highest BCUT2D eigenvalue weighted by Gasteiger charge is 2.26. The molecule has 0 saturated heterocycles. The second-order valence-electron chi connectivity index (χ2n) is 10.9. The molecule has 11 nitrogen and oxygen atoms in total. The quantitative estimate of drug-likeness (QED) is 0.326. The van der Waals surface area contributed by atoms with Crippen molar-refractivity contribution in [2.45, 2.75) is 64.5 Å². The van der Waals surface area contributed by atoms with Gasteiger partial charge in [0.1, 0.15) is 17.8 Å². The van der Waals surface area contributed by atoms with Crippen LogP contribution in [0.1, 0.15) is 61.9 Å². The van der Waals surface area contributed by atoms with E-state index in [1.807, 2.05) is 32.0 Å². The maximum Gasteiger partial charge on any atom is 0.255 e. The normalized spacial score (nSPS) is 18.4. The lowest BCUT2D eigenvalue weighted by Gasteiger charge is -2.22. The Morgan fingerprint density at radius 3 is 2.56 bits per heavy atom. The molecule has 0 bridgehead atoms. The van der Waals surface area contributed by atoms with E-state index in [0.717, 1.165) is 5.56 Å². The van der Waals surface area contributed by atoms with E-state index in [4.69, 9.17) is 14.2 Å². The lowest BCUT2D eigenvalue weighted by molar-refractivity contribution is -0.129. The van der Waals surface area contributed by atoms with Crippen molar-refractivity contribution in [3.8, 4) is 17.2 Å². The molecule has 0 fully saturated rings. The predicted octanol–water partition coefficient (Wildman–Crippen LogP) is 2.76. The van der Waals surface area contributed by atoms with E-state index in [2.05, 4.69) is 21.3 Å². The van der Waals surface area contributed by atoms with Crippen LogP contribution in [-0.4, -0.2) is 69.6 Å². The fraction of sp³-hybridized carbons (Fsp3) is 0.500. The van der Waals surface area contributed by atoms with Crippen LogP contribution < -0.4 is 35.5 Å². The number of para-hydroxylation sites is 1. The van der Waals surface area contributed by atoms with Gasteiger partial charge in [0.2, 0.25) is 17.7 Å². The summed E-state index contributed by atoms with van der Waals surface area (Å²) < 4.78 is 16.5. The van der Waals surface area contributed by atoms with Crippen LogP contribution in [0.2, 0.25) is 0 Å². The van der Waals surface area contributed by atoms with Crippen LogP contribution in [0.5, 0.6) is 17.2 Å². The molecule has 43 heavy (non-hydrogen) atoms. The van der Waals surface area contributed by atoms with Crippen LogP contribution in [-0.2, 0) is 20.8 Å². The Hall–Kier alpha value is -4.28. The van der Waals surface area contributed by atoms with Gasteiger partial charge in [-0.2, -0.15) is 0 Å². The lowest BCUT2D eigenvalue weighted by Crippen LogP contribution is -2.49. The molecule has 0 saturated carbocycles. The SMILES string of the molecule is COc1ccc(CCCNC(=O)[C@@H]2CCC(=O)N[C@H](CC(C)C)C(=O)NCCCOc3ccccc3C(=O)N2)cc1OC. The van der Waals surface area contributed by atoms with E-state index in [1.54, 1.807) is 38.5 Å². The molecule has 0 aromatic heterocycles. The smallest absolute Gasteiger partial charge is 0.255 e. The average molecular weight is 597 g/mol. The van der Waals surface area contributed by atoms with Crippen LogP contribution in [0, 0.1) is 5.92 Å². The molecule has 2 aromatic rings. The number of hydrogen-bond acceptors (Lipinski definition) is 7. The summed E-state index contributed by atoms with van der Waals surface area (Å²) in [5.74, 6) is 0.338. The second-order valence-corrected chi connectivity index (χ2v) is 10.9. The predicted molar refractivity (Wildman–Crippen MR) is 162 cm³/mol. The molecule has 11 heteroatoms. The number of rotatable bonds is 9. The minimum atomic E-state index is -0.974. The molecule has 0 aliphatic carbocycles. The molecule has 3 rings (SSSR count). The van der Waals surface area contributed by atoms with Crippen molar-refractivity contribution >= 4 is 23.6 Å². The first-order valence-electron chi connectivity index (χ1n) is 14.8. The van der Waals surface area contributed by atoms with Crippen LogP contribution >= 0.6 is 0 Å². The summed E-state index contributed by atoms with van der Waals surface area (Å²) in [4.78, 5) is 52.3. The largest absolute Gasteiger partial charge is 0.493 e. The lowest BCUT2D eigenvalue weighted by atomic mass is 10.0. The number of aryl methyl sites for hydroxylation is 1. The molecule has 4 amide bonds. The molecule has 0 spiro atoms. The molecule has 2 atom stereocenters. The third-order valence-corrected chi connectivity index (χ3v) is 7.04. The Bertz CT molecular complexity index is 1250. The summed E-state index contributed by atoms with van der Waals surface area (Å²) in [5, 5.41) is 11.4. The van der Waals surface area contributed by atoms with E-state index >= 15 is 0 Å². The fourth-order valence-corrected chi connectivity index (χ4v) is 4.78. The number of amides is 4. The highest BCUT2D eigenvalue weighted by Crippen LogP contribution is 2.28. The number of fused-ring (bicyclic) bond motifs is 1. The number of carbonyl (C=O) groups excluding carboxylic acids is 4. The van der Waals surface area contributed by atoms with Crippen molar-refractivity contribution in [2.75, 3.05) is 33.9 Å². The summed E-state index contributed by atoms with van der Waals surface area (Å²) in [5.41, 5.74) is 1.31. The highest BCUT2D eigenvalue weighted by molar-refractivity contribution is 5.99. The first-order chi connectivity index (χ1) is 20.7. The molecule has 1 aliphatic heterocycles. The maximum absolute atomic E-state index is 13.3. The van der Waals surface area contributed by atoms with Gasteiger partial charge in [0.25, 0.3) is 5.91 Å². The Balaban J connectivity index is 1.71. The van der Waals surface area contributed by atoms with Crippen molar-refractivity contribution in [1.29, 1.82) is 0 Å². The number of ether oxygens (including phenoxy) is 3. The first-order valence-corrected chi connectivity index (χ1v) is 14.8. The van der Waals surface area contributed by atoms with Gasteiger partial charge >= 0.3 is 0 Å². The summed E-state index contributed by atoms with van der Waals surface area (Å²) in [7, 11) is 3.16. The van der Waals surface area contributed by atoms with Gasteiger partial charge in [-0.05, 0) is 67.9 Å². The Kier molecular flexibility index (Phi) is 13.1. The number of hydrogen-bond donors (Lipinski definition) is 4. The monoisotopic (exact) mass is 596 g/mol. The third-order valence-electron chi connectivity index (χ3n) is 7.04. The van der Waals surface area contributed by atoms with Crippen molar-refractivity contribution in [3.63, 3.8) is 0 Å². The van der Waals surface area contributed by atoms with Gasteiger partial charge < -0.3 is 35.5 Å². The molecule has 0 unspecified atom stereocenters. The molecular weight excluding hydrogens is 552 g/mol. The zero-order valence-electron chi connectivity index (χ0n) is 25.5. The molecule has 4 N–H and O–H groups in total. The van der Waals surface area contributed by atoms with E-state index < -0.39 is 23.9 Å². The summed E-state index contributed by atoms with van der Waals surface area (Å²) in [6, 6.07) is 10.8. The van der Waals surface area contributed by atoms with Crippen LogP contribution in [0.15, 0.2) is 42.5 Å². The minimum absolute atomic E-state index is 0.0516. The van der Waals surface area contributed by atoms with Gasteiger partial charge in [-0.25, -0.2) is 0 Å². The molecule has 0 radical (unpaired) electrons. The number of carbonyl (C=O) groups is 4. The highest BCUT2D eigenvalue weighted by atomic mass is 16.5. The molecule has 2 aromatic carbocycles. The topological polar surface area (TPSA) is 144 Å². The zero-order chi connectivity index (χ0) is 31.2. The zero-order valence-corrected chi connectivity index (χ0v) is 25.5. The van der Waals surface area contributed by atoms with Crippen LogP contribution in [0.3, 0.4) is 0 Å². The molecule has 1 aliphatic rings. The van der Waals surface area contributed by atoms with Gasteiger partial charge in [0, 0.05) is 19.5 Å². The van der Waals surface area contributed by atoms with Crippen molar-refractivity contribution in [3.05, 3.63) is 53.6 Å². The number of methoxy groups -OCH3 is 2. The standard InChI is InChI=1S/C32H44N4O7/c1-21(2)19-25-32(40)34-17-8-18-43-26-11-6-5-10-23(26)30(38)36-24(13-15-29(37)35-25)31(39)33-16-7-9-22-12-14-27(41-3)28(20-22)42-4/h5-6,10-12,14,20-21,24-25H,7-9,13,15-19H2,1-4H3,(H,33,39)(H,34,40)(H,35,37)(H,36,38)/t24-,25+/m0/s1. The molecular formula is C32H44N4O7. The van der Waals surface area contributed by atoms with Crippen molar-refractivity contribution in [2.24, 2.45) is 5.92 Å². The number of benzene rings is 2. The molecule has 1 heterocycles. The van der Waals surface area contributed by atoms with Gasteiger partial charge in [-0.1, -0.05) is 32.0 Å². The van der Waals surface area contributed by atoms with Gasteiger partial charge in [-0.15, -0.1) is 0 Å². The molecule has 234 valence electrons. The number of nitrogens with one attached hydrogen (secondary N) is 4. The maximum atomic E-state index is 13.3. The summed E-state index contributed by atoms with van der Waals surface area (Å²) >= 11 is 0. The van der Waals surface area contributed by atoms with E-state index in [9.17, 15) is 19.2 Å².